The van der Waals surface area contributed by atoms with Crippen molar-refractivity contribution in [1.29, 1.82) is 0 Å². The summed E-state index contributed by atoms with van der Waals surface area (Å²) >= 11 is 0. The van der Waals surface area contributed by atoms with Gasteiger partial charge in [0.2, 0.25) is 0 Å². The number of pyridine rings is 1. The average Bonchev–Trinajstić information content (AvgIpc) is 3.09. The second kappa shape index (κ2) is 5.28. The number of rotatable bonds is 3. The highest BCUT2D eigenvalue weighted by atomic mass is 32.2. The van der Waals surface area contributed by atoms with E-state index in [1.807, 2.05) is 0 Å². The minimum absolute atomic E-state index is 0.0132. The maximum absolute atomic E-state index is 12.0. The van der Waals surface area contributed by atoms with Gasteiger partial charge >= 0.3 is 0 Å². The van der Waals surface area contributed by atoms with E-state index in [1.54, 1.807) is 35.4 Å². The molecule has 2 aromatic rings. The van der Waals surface area contributed by atoms with E-state index < -0.39 is 9.84 Å². The molecule has 3 rings (SSSR count). The van der Waals surface area contributed by atoms with Gasteiger partial charge in [-0.05, 0) is 18.6 Å². The Hall–Kier alpha value is -2.22. The fourth-order valence-electron chi connectivity index (χ4n) is 2.25. The Kier molecular flexibility index (Phi) is 3.46. The molecule has 1 aliphatic rings. The predicted molar refractivity (Wildman–Crippen MR) is 75.9 cm³/mol. The molecule has 1 fully saturated rings. The number of nitrogens with one attached hydrogen (secondary N) is 1. The molecule has 1 atom stereocenters. The van der Waals surface area contributed by atoms with Crippen molar-refractivity contribution in [2.75, 3.05) is 11.5 Å². The van der Waals surface area contributed by atoms with Gasteiger partial charge in [0.1, 0.15) is 12.1 Å². The smallest absolute Gasteiger partial charge is 0.253 e. The summed E-state index contributed by atoms with van der Waals surface area (Å²) in [4.78, 5) is 20.2. The molecule has 110 valence electrons. The molecule has 3 heterocycles. The number of sulfone groups is 1. The molecule has 1 unspecified atom stereocenters. The molecule has 7 nitrogen and oxygen atoms in total. The predicted octanol–water partition coefficient (Wildman–Crippen LogP) is 0.184. The third-order valence-electron chi connectivity index (χ3n) is 3.35. The van der Waals surface area contributed by atoms with Crippen molar-refractivity contribution in [2.24, 2.45) is 0 Å². The number of carbonyl (C=O) groups excluding carboxylic acids is 1. The van der Waals surface area contributed by atoms with E-state index in [4.69, 9.17) is 0 Å². The van der Waals surface area contributed by atoms with E-state index in [9.17, 15) is 13.2 Å². The first kappa shape index (κ1) is 13.7. The van der Waals surface area contributed by atoms with Gasteiger partial charge in [-0.3, -0.25) is 9.36 Å². The van der Waals surface area contributed by atoms with Crippen LogP contribution in [0.1, 0.15) is 16.8 Å². The number of carbonyl (C=O) groups is 1. The zero-order valence-electron chi connectivity index (χ0n) is 11.1. The molecule has 0 bridgehead atoms. The van der Waals surface area contributed by atoms with Crippen LogP contribution in [0.5, 0.6) is 0 Å². The fraction of sp³-hybridized carbons (Fsp3) is 0.308. The molecule has 1 saturated heterocycles. The van der Waals surface area contributed by atoms with Gasteiger partial charge < -0.3 is 5.32 Å². The maximum atomic E-state index is 12.0. The largest absolute Gasteiger partial charge is 0.348 e. The van der Waals surface area contributed by atoms with Gasteiger partial charge in [-0.2, -0.15) is 0 Å². The first-order valence-electron chi connectivity index (χ1n) is 6.49. The first-order valence-corrected chi connectivity index (χ1v) is 8.31. The number of amides is 1. The molecule has 0 radical (unpaired) electrons. The third-order valence-corrected chi connectivity index (χ3v) is 5.11. The van der Waals surface area contributed by atoms with Crippen molar-refractivity contribution in [3.8, 4) is 5.82 Å². The van der Waals surface area contributed by atoms with Crippen molar-refractivity contribution in [2.45, 2.75) is 12.5 Å². The second-order valence-electron chi connectivity index (χ2n) is 4.95. The van der Waals surface area contributed by atoms with Gasteiger partial charge in [0.25, 0.3) is 5.91 Å². The Bertz CT molecular complexity index is 738. The molecule has 2 aromatic heterocycles. The summed E-state index contributed by atoms with van der Waals surface area (Å²) in [6, 6.07) is 3.05. The van der Waals surface area contributed by atoms with Crippen LogP contribution in [0.2, 0.25) is 0 Å². The van der Waals surface area contributed by atoms with Crippen molar-refractivity contribution in [3.05, 3.63) is 42.6 Å². The Balaban J connectivity index is 1.68. The first-order chi connectivity index (χ1) is 10.0. The highest BCUT2D eigenvalue weighted by molar-refractivity contribution is 7.91. The van der Waals surface area contributed by atoms with Gasteiger partial charge in [-0.15, -0.1) is 0 Å². The molecule has 0 spiro atoms. The molecule has 1 amide bonds. The van der Waals surface area contributed by atoms with E-state index in [1.165, 1.54) is 6.20 Å². The third kappa shape index (κ3) is 3.10. The lowest BCUT2D eigenvalue weighted by Crippen LogP contribution is -2.35. The van der Waals surface area contributed by atoms with Crippen LogP contribution in [-0.2, 0) is 9.84 Å². The average molecular weight is 306 g/mol. The monoisotopic (exact) mass is 306 g/mol. The molecular weight excluding hydrogens is 292 g/mol. The maximum Gasteiger partial charge on any atom is 0.253 e. The van der Waals surface area contributed by atoms with E-state index in [2.05, 4.69) is 15.3 Å². The normalized spacial score (nSPS) is 20.3. The lowest BCUT2D eigenvalue weighted by Gasteiger charge is -2.10. The van der Waals surface area contributed by atoms with Gasteiger partial charge in [-0.25, -0.2) is 18.4 Å². The summed E-state index contributed by atoms with van der Waals surface area (Å²) in [5.74, 6) is 0.504. The summed E-state index contributed by atoms with van der Waals surface area (Å²) in [6.07, 6.45) is 6.95. The van der Waals surface area contributed by atoms with Crippen LogP contribution in [0.25, 0.3) is 5.82 Å². The van der Waals surface area contributed by atoms with Crippen molar-refractivity contribution < 1.29 is 13.2 Å². The fourth-order valence-corrected chi connectivity index (χ4v) is 3.92. The van der Waals surface area contributed by atoms with Crippen LogP contribution in [0, 0.1) is 0 Å². The molecular formula is C13H14N4O3S. The highest BCUT2D eigenvalue weighted by Crippen LogP contribution is 2.12. The van der Waals surface area contributed by atoms with Crippen LogP contribution in [0.15, 0.2) is 37.1 Å². The minimum Gasteiger partial charge on any atom is -0.348 e. The van der Waals surface area contributed by atoms with Crippen molar-refractivity contribution >= 4 is 15.7 Å². The van der Waals surface area contributed by atoms with Crippen LogP contribution in [0.3, 0.4) is 0 Å². The van der Waals surface area contributed by atoms with Gasteiger partial charge in [0.15, 0.2) is 9.84 Å². The number of nitrogens with zero attached hydrogens (tertiary/aromatic N) is 3. The van der Waals surface area contributed by atoms with Gasteiger partial charge in [0.05, 0.1) is 17.1 Å². The summed E-state index contributed by atoms with van der Waals surface area (Å²) in [7, 11) is -3.00. The van der Waals surface area contributed by atoms with Crippen LogP contribution in [0.4, 0.5) is 0 Å². The molecule has 0 aliphatic carbocycles. The molecule has 1 aliphatic heterocycles. The van der Waals surface area contributed by atoms with Crippen LogP contribution in [-0.4, -0.2) is 46.4 Å². The lowest BCUT2D eigenvalue weighted by molar-refractivity contribution is 0.0941. The quantitative estimate of drug-likeness (QED) is 0.873. The Labute approximate surface area is 122 Å². The van der Waals surface area contributed by atoms with Crippen LogP contribution >= 0.6 is 0 Å². The Morgan fingerprint density at radius 3 is 2.81 bits per heavy atom. The van der Waals surface area contributed by atoms with E-state index >= 15 is 0 Å². The number of aromatic nitrogens is 3. The second-order valence-corrected chi connectivity index (χ2v) is 7.18. The SMILES string of the molecule is O=C(NC1CCS(=O)(=O)C1)c1ccc(-n2ccnc2)nc1. The molecule has 0 aromatic carbocycles. The minimum atomic E-state index is -3.00. The standard InChI is InChI=1S/C13H14N4O3S/c18-13(16-11-3-6-21(19,20)8-11)10-1-2-12(15-7-10)17-5-4-14-9-17/h1-2,4-5,7,9,11H,3,6,8H2,(H,16,18). The molecule has 0 saturated carbocycles. The summed E-state index contributed by atoms with van der Waals surface area (Å²) in [5, 5.41) is 2.73. The zero-order chi connectivity index (χ0) is 14.9. The Morgan fingerprint density at radius 2 is 2.24 bits per heavy atom. The number of hydrogen-bond donors (Lipinski definition) is 1. The Morgan fingerprint density at radius 1 is 1.38 bits per heavy atom. The topological polar surface area (TPSA) is 94.0 Å². The van der Waals surface area contributed by atoms with Crippen molar-refractivity contribution in [3.63, 3.8) is 0 Å². The van der Waals surface area contributed by atoms with E-state index in [-0.39, 0.29) is 23.5 Å². The lowest BCUT2D eigenvalue weighted by atomic mass is 10.2. The summed E-state index contributed by atoms with van der Waals surface area (Å²) in [6.45, 7) is 0. The molecule has 1 N–H and O–H groups in total. The number of hydrogen-bond acceptors (Lipinski definition) is 5. The summed E-state index contributed by atoms with van der Waals surface area (Å²) < 4.78 is 24.5. The molecule has 21 heavy (non-hydrogen) atoms. The molecule has 8 heteroatoms. The van der Waals surface area contributed by atoms with E-state index in [0.29, 0.717) is 17.8 Å². The van der Waals surface area contributed by atoms with E-state index in [0.717, 1.165) is 0 Å². The van der Waals surface area contributed by atoms with Crippen LogP contribution < -0.4 is 5.32 Å². The highest BCUT2D eigenvalue weighted by Gasteiger charge is 2.29. The van der Waals surface area contributed by atoms with Crippen molar-refractivity contribution in [1.82, 2.24) is 19.9 Å². The van der Waals surface area contributed by atoms with Gasteiger partial charge in [-0.1, -0.05) is 0 Å². The van der Waals surface area contributed by atoms with Gasteiger partial charge in [0, 0.05) is 24.6 Å². The summed E-state index contributed by atoms with van der Waals surface area (Å²) in [5.41, 5.74) is 0.406. The zero-order valence-corrected chi connectivity index (χ0v) is 12.0. The number of imidazole rings is 1.